The van der Waals surface area contributed by atoms with Crippen LogP contribution in [0.25, 0.3) is 11.1 Å². The molecule has 0 fully saturated rings. The van der Waals surface area contributed by atoms with E-state index in [1.807, 2.05) is 38.1 Å². The fourth-order valence-corrected chi connectivity index (χ4v) is 2.84. The minimum atomic E-state index is -1.09. The predicted molar refractivity (Wildman–Crippen MR) is 90.4 cm³/mol. The zero-order valence-corrected chi connectivity index (χ0v) is 13.5. The van der Waals surface area contributed by atoms with Crippen LogP contribution in [0.15, 0.2) is 47.1 Å². The third-order valence-electron chi connectivity index (χ3n) is 3.97. The fraction of sp³-hybridized carbons (Fsp3) is 0.222. The highest BCUT2D eigenvalue weighted by Crippen LogP contribution is 2.22. The number of carboxylic acids is 1. The molecule has 3 rings (SSSR count). The highest BCUT2D eigenvalue weighted by Gasteiger charge is 2.21. The van der Waals surface area contributed by atoms with E-state index in [1.54, 1.807) is 11.0 Å². The molecule has 0 bridgehead atoms. The maximum Gasteiger partial charge on any atom is 0.352 e. The molecule has 6 heteroatoms. The molecule has 0 aliphatic rings. The van der Waals surface area contributed by atoms with E-state index in [0.29, 0.717) is 17.6 Å². The van der Waals surface area contributed by atoms with E-state index in [0.717, 1.165) is 11.3 Å². The fourth-order valence-electron chi connectivity index (χ4n) is 2.84. The zero-order valence-electron chi connectivity index (χ0n) is 13.5. The third kappa shape index (κ3) is 2.78. The third-order valence-corrected chi connectivity index (χ3v) is 3.97. The van der Waals surface area contributed by atoms with Crippen LogP contribution in [0.2, 0.25) is 0 Å². The predicted octanol–water partition coefficient (Wildman–Crippen LogP) is 3.29. The van der Waals surface area contributed by atoms with Crippen molar-refractivity contribution in [2.75, 3.05) is 11.4 Å². The van der Waals surface area contributed by atoms with Gasteiger partial charge in [-0.25, -0.2) is 4.79 Å². The molecule has 0 spiro atoms. The molecule has 3 aromatic rings. The maximum atomic E-state index is 12.8. The van der Waals surface area contributed by atoms with Crippen molar-refractivity contribution < 1.29 is 19.1 Å². The lowest BCUT2D eigenvalue weighted by molar-refractivity contribution is -0.119. The summed E-state index contributed by atoms with van der Waals surface area (Å²) in [6.07, 6.45) is 1.48. The van der Waals surface area contributed by atoms with Gasteiger partial charge in [-0.05, 0) is 31.5 Å². The summed E-state index contributed by atoms with van der Waals surface area (Å²) in [5, 5.41) is 9.36. The molecule has 1 N–H and O–H groups in total. The number of hydrogen-bond acceptors (Lipinski definition) is 3. The minimum absolute atomic E-state index is 0.0398. The molecule has 0 aliphatic heterocycles. The van der Waals surface area contributed by atoms with Crippen molar-refractivity contribution in [2.24, 2.45) is 0 Å². The number of aromatic nitrogens is 1. The first-order chi connectivity index (χ1) is 11.5. The van der Waals surface area contributed by atoms with E-state index in [1.165, 1.54) is 16.9 Å². The molecule has 6 nitrogen and oxygen atoms in total. The molecule has 0 unspecified atom stereocenters. The molecule has 124 valence electrons. The van der Waals surface area contributed by atoms with Gasteiger partial charge < -0.3 is 19.0 Å². The number of furan rings is 1. The first-order valence-corrected chi connectivity index (χ1v) is 7.68. The lowest BCUT2D eigenvalue weighted by atomic mass is 10.2. The van der Waals surface area contributed by atoms with Gasteiger partial charge in [-0.1, -0.05) is 12.1 Å². The maximum absolute atomic E-state index is 12.8. The second-order valence-corrected chi connectivity index (χ2v) is 5.57. The molecule has 0 aliphatic carbocycles. The summed E-state index contributed by atoms with van der Waals surface area (Å²) in [4.78, 5) is 25.9. The van der Waals surface area contributed by atoms with Crippen LogP contribution in [-0.4, -0.2) is 28.1 Å². The van der Waals surface area contributed by atoms with Gasteiger partial charge in [0.25, 0.3) is 0 Å². The largest absolute Gasteiger partial charge is 0.477 e. The van der Waals surface area contributed by atoms with Gasteiger partial charge in [0, 0.05) is 24.4 Å². The topological polar surface area (TPSA) is 75.7 Å². The van der Waals surface area contributed by atoms with Crippen LogP contribution in [0, 0.1) is 6.92 Å². The van der Waals surface area contributed by atoms with E-state index in [2.05, 4.69) is 0 Å². The quantitative estimate of drug-likeness (QED) is 0.780. The van der Waals surface area contributed by atoms with Gasteiger partial charge in [-0.2, -0.15) is 0 Å². The minimum Gasteiger partial charge on any atom is -0.477 e. The summed E-state index contributed by atoms with van der Waals surface area (Å²) < 4.78 is 6.72. The Morgan fingerprint density at radius 3 is 2.71 bits per heavy atom. The number of carbonyl (C=O) groups is 2. The van der Waals surface area contributed by atoms with E-state index in [9.17, 15) is 14.7 Å². The smallest absolute Gasteiger partial charge is 0.352 e. The number of benzene rings is 1. The summed E-state index contributed by atoms with van der Waals surface area (Å²) in [6, 6.07) is 10.8. The molecule has 0 radical (unpaired) electrons. The Balaban J connectivity index is 1.95. The normalized spacial score (nSPS) is 10.9. The standard InChI is InChI=1S/C18H18N2O4/c1-3-19(13-6-4-5-12(2)9-13)17(21)11-20-14-7-8-24-16(14)10-15(20)18(22)23/h4-10H,3,11H2,1-2H3,(H,22,23). The molecule has 1 amide bonds. The van der Waals surface area contributed by atoms with E-state index >= 15 is 0 Å². The van der Waals surface area contributed by atoms with Gasteiger partial charge >= 0.3 is 5.97 Å². The van der Waals surface area contributed by atoms with Crippen LogP contribution in [-0.2, 0) is 11.3 Å². The van der Waals surface area contributed by atoms with Gasteiger partial charge in [0.2, 0.25) is 5.91 Å². The number of amides is 1. The summed E-state index contributed by atoms with van der Waals surface area (Å²) in [5.41, 5.74) is 2.95. The van der Waals surface area contributed by atoms with E-state index in [4.69, 9.17) is 4.42 Å². The monoisotopic (exact) mass is 326 g/mol. The Labute approximate surface area is 138 Å². The Bertz CT molecular complexity index is 907. The Morgan fingerprint density at radius 1 is 1.25 bits per heavy atom. The number of aromatic carboxylic acids is 1. The van der Waals surface area contributed by atoms with Gasteiger partial charge in [-0.15, -0.1) is 0 Å². The molecule has 2 aromatic heterocycles. The molecule has 1 aromatic carbocycles. The van der Waals surface area contributed by atoms with Crippen LogP contribution in [0.5, 0.6) is 0 Å². The average Bonchev–Trinajstić information content (AvgIpc) is 3.11. The number of anilines is 1. The Hall–Kier alpha value is -3.02. The van der Waals surface area contributed by atoms with Gasteiger partial charge in [-0.3, -0.25) is 4.79 Å². The molecule has 0 saturated carbocycles. The molecule has 24 heavy (non-hydrogen) atoms. The van der Waals surface area contributed by atoms with Gasteiger partial charge in [0.1, 0.15) is 12.2 Å². The van der Waals surface area contributed by atoms with Crippen molar-refractivity contribution >= 4 is 28.7 Å². The molecule has 2 heterocycles. The van der Waals surface area contributed by atoms with Gasteiger partial charge in [0.15, 0.2) is 5.58 Å². The zero-order chi connectivity index (χ0) is 17.3. The number of carbonyl (C=O) groups excluding carboxylic acids is 1. The SMILES string of the molecule is CCN(C(=O)Cn1c(C(=O)O)cc2occc21)c1cccc(C)c1. The first kappa shape index (κ1) is 15.9. The molecular weight excluding hydrogens is 308 g/mol. The Kier molecular flexibility index (Phi) is 4.12. The first-order valence-electron chi connectivity index (χ1n) is 7.68. The van der Waals surface area contributed by atoms with Crippen LogP contribution in [0.4, 0.5) is 5.69 Å². The molecular formula is C18H18N2O4. The lowest BCUT2D eigenvalue weighted by Gasteiger charge is -2.22. The van der Waals surface area contributed by atoms with Crippen molar-refractivity contribution in [1.82, 2.24) is 4.57 Å². The van der Waals surface area contributed by atoms with Crippen molar-refractivity contribution in [3.05, 3.63) is 53.9 Å². The number of carboxylic acid groups (broad SMARTS) is 1. The second kappa shape index (κ2) is 6.23. The van der Waals surface area contributed by atoms with Crippen LogP contribution < -0.4 is 4.90 Å². The number of fused-ring (bicyclic) bond motifs is 1. The summed E-state index contributed by atoms with van der Waals surface area (Å²) in [6.45, 7) is 4.29. The Morgan fingerprint density at radius 2 is 2.04 bits per heavy atom. The van der Waals surface area contributed by atoms with Crippen molar-refractivity contribution in [2.45, 2.75) is 20.4 Å². The average molecular weight is 326 g/mol. The van der Waals surface area contributed by atoms with E-state index in [-0.39, 0.29) is 18.1 Å². The highest BCUT2D eigenvalue weighted by atomic mass is 16.4. The van der Waals surface area contributed by atoms with Crippen molar-refractivity contribution in [3.8, 4) is 0 Å². The summed E-state index contributed by atoms with van der Waals surface area (Å²) in [7, 11) is 0. The van der Waals surface area contributed by atoms with Crippen LogP contribution >= 0.6 is 0 Å². The van der Waals surface area contributed by atoms with E-state index < -0.39 is 5.97 Å². The number of rotatable bonds is 5. The van der Waals surface area contributed by atoms with Crippen LogP contribution in [0.1, 0.15) is 23.0 Å². The number of hydrogen-bond donors (Lipinski definition) is 1. The summed E-state index contributed by atoms with van der Waals surface area (Å²) in [5.74, 6) is -1.27. The van der Waals surface area contributed by atoms with Crippen LogP contribution in [0.3, 0.4) is 0 Å². The lowest BCUT2D eigenvalue weighted by Crippen LogP contribution is -2.34. The van der Waals surface area contributed by atoms with Gasteiger partial charge in [0.05, 0.1) is 11.8 Å². The molecule has 0 atom stereocenters. The summed E-state index contributed by atoms with van der Waals surface area (Å²) >= 11 is 0. The van der Waals surface area contributed by atoms with Crippen molar-refractivity contribution in [1.29, 1.82) is 0 Å². The molecule has 0 saturated heterocycles. The highest BCUT2D eigenvalue weighted by molar-refractivity contribution is 5.97. The number of aryl methyl sites for hydroxylation is 1. The number of likely N-dealkylation sites (N-methyl/N-ethyl adjacent to an activating group) is 1. The second-order valence-electron chi connectivity index (χ2n) is 5.57. The van der Waals surface area contributed by atoms with Crippen molar-refractivity contribution in [3.63, 3.8) is 0 Å². The number of nitrogens with zero attached hydrogens (tertiary/aromatic N) is 2.